The maximum Gasteiger partial charge on any atom is 0.681 e. The van der Waals surface area contributed by atoms with Gasteiger partial charge < -0.3 is 42.1 Å². The Bertz CT molecular complexity index is 379. The number of aliphatic hydroxyl groups is 2. The third-order valence-corrected chi connectivity index (χ3v) is 6.07. The molecule has 0 aromatic rings. The Labute approximate surface area is 130 Å². The highest BCUT2D eigenvalue weighted by Crippen LogP contribution is 2.50. The van der Waals surface area contributed by atoms with E-state index in [1.54, 1.807) is 6.92 Å². The fourth-order valence-electron chi connectivity index (χ4n) is 2.72. The van der Waals surface area contributed by atoms with Gasteiger partial charge in [0.15, 0.2) is 0 Å². The van der Waals surface area contributed by atoms with Crippen LogP contribution in [0.25, 0.3) is 0 Å². The zero-order valence-corrected chi connectivity index (χ0v) is 14.3. The molecule has 0 bridgehead atoms. The minimum Gasteiger partial charge on any atom is -0.361 e. The first-order valence-corrected chi connectivity index (χ1v) is 8.72. The third-order valence-electron chi connectivity index (χ3n) is 3.99. The van der Waals surface area contributed by atoms with Crippen LogP contribution in [-0.2, 0) is 31.9 Å². The fraction of sp³-hybridized carbons (Fsp3) is 1.00. The van der Waals surface area contributed by atoms with Crippen LogP contribution in [0.3, 0.4) is 0 Å². The van der Waals surface area contributed by atoms with Crippen molar-refractivity contribution >= 4 is 9.05 Å². The molecule has 3 atom stereocenters. The lowest BCUT2D eigenvalue weighted by Gasteiger charge is -2.52. The van der Waals surface area contributed by atoms with Gasteiger partial charge in [-0.2, -0.15) is 0 Å². The normalized spacial score (nSPS) is 39.0. The first kappa shape index (κ1) is 18.2. The minimum absolute atomic E-state index is 0.101. The second-order valence-corrected chi connectivity index (χ2v) is 7.45. The van der Waals surface area contributed by atoms with Crippen LogP contribution in [0.1, 0.15) is 19.8 Å². The van der Waals surface area contributed by atoms with E-state index < -0.39 is 26.4 Å². The van der Waals surface area contributed by atoms with Gasteiger partial charge in [0.1, 0.15) is 0 Å². The van der Waals surface area contributed by atoms with Crippen LogP contribution in [0.5, 0.6) is 0 Å². The van der Waals surface area contributed by atoms with Gasteiger partial charge in [-0.1, -0.05) is 0 Å². The van der Waals surface area contributed by atoms with Crippen molar-refractivity contribution in [1.82, 2.24) is 0 Å². The predicted octanol–water partition coefficient (Wildman–Crippen LogP) is -0.672. The van der Waals surface area contributed by atoms with E-state index in [0.29, 0.717) is 6.61 Å². The maximum atomic E-state index is 11.0. The first-order valence-electron chi connectivity index (χ1n) is 7.09. The van der Waals surface area contributed by atoms with Crippen molar-refractivity contribution in [2.75, 3.05) is 41.2 Å². The zero-order chi connectivity index (χ0) is 16.5. The summed E-state index contributed by atoms with van der Waals surface area (Å²) in [7, 11) is 0.510. The molecule has 2 rings (SSSR count). The summed E-state index contributed by atoms with van der Waals surface area (Å²) in [5, 5.41) is 21.5. The van der Waals surface area contributed by atoms with E-state index in [1.807, 2.05) is 0 Å². The summed E-state index contributed by atoms with van der Waals surface area (Å²) in [6.07, 6.45) is 0.330. The molecular formula is C12H24O9Si. The summed E-state index contributed by atoms with van der Waals surface area (Å²) in [6, 6.07) is 0. The average Bonchev–Trinajstić information content (AvgIpc) is 2.81. The minimum atomic E-state index is -3.58. The topological polar surface area (TPSA) is 105 Å². The van der Waals surface area contributed by atoms with Gasteiger partial charge in [-0.3, -0.25) is 0 Å². The van der Waals surface area contributed by atoms with Crippen LogP contribution < -0.4 is 0 Å². The highest BCUT2D eigenvalue weighted by Gasteiger charge is 2.74. The standard InChI is InChI=1S/C12H24O9Si/c1-5-18-11(21-22(15-2,16-3)17-4)7-9-20-12(11,14)10(13)6-8-19-10/h13-14H,5-9H2,1-4H3. The van der Waals surface area contributed by atoms with E-state index in [2.05, 4.69) is 0 Å². The van der Waals surface area contributed by atoms with Gasteiger partial charge in [0.25, 0.3) is 5.79 Å². The van der Waals surface area contributed by atoms with Crippen LogP contribution in [0.2, 0.25) is 0 Å². The molecule has 0 saturated carbocycles. The van der Waals surface area contributed by atoms with Crippen molar-refractivity contribution in [3.8, 4) is 0 Å². The Hall–Kier alpha value is -0.143. The molecule has 2 aliphatic rings. The Morgan fingerprint density at radius 2 is 1.55 bits per heavy atom. The van der Waals surface area contributed by atoms with E-state index in [4.69, 9.17) is 31.9 Å². The van der Waals surface area contributed by atoms with Crippen LogP contribution in [-0.4, -0.2) is 77.8 Å². The van der Waals surface area contributed by atoms with Crippen molar-refractivity contribution in [2.45, 2.75) is 37.1 Å². The lowest BCUT2D eigenvalue weighted by atomic mass is 9.90. The Morgan fingerprint density at radius 3 is 1.95 bits per heavy atom. The van der Waals surface area contributed by atoms with Crippen molar-refractivity contribution in [3.63, 3.8) is 0 Å². The molecule has 2 aliphatic heterocycles. The third kappa shape index (κ3) is 2.53. The summed E-state index contributed by atoms with van der Waals surface area (Å²) >= 11 is 0. The van der Waals surface area contributed by atoms with Crippen molar-refractivity contribution < 1.29 is 42.1 Å². The first-order chi connectivity index (χ1) is 10.4. The van der Waals surface area contributed by atoms with Crippen molar-refractivity contribution in [3.05, 3.63) is 0 Å². The van der Waals surface area contributed by atoms with Gasteiger partial charge >= 0.3 is 9.05 Å². The van der Waals surface area contributed by atoms with Crippen LogP contribution >= 0.6 is 0 Å². The van der Waals surface area contributed by atoms with Gasteiger partial charge in [0.05, 0.1) is 13.2 Å². The molecule has 3 unspecified atom stereocenters. The Balaban J connectivity index is 2.38. The summed E-state index contributed by atoms with van der Waals surface area (Å²) in [5.74, 6) is -5.87. The lowest BCUT2D eigenvalue weighted by molar-refractivity contribution is -0.477. The molecule has 0 aliphatic carbocycles. The summed E-state index contributed by atoms with van der Waals surface area (Å²) < 4.78 is 37.7. The highest BCUT2D eigenvalue weighted by molar-refractivity contribution is 6.53. The molecular weight excluding hydrogens is 316 g/mol. The molecule has 2 saturated heterocycles. The molecule has 22 heavy (non-hydrogen) atoms. The molecule has 2 N–H and O–H groups in total. The second-order valence-electron chi connectivity index (χ2n) is 5.03. The number of hydrogen-bond acceptors (Lipinski definition) is 9. The van der Waals surface area contributed by atoms with Crippen molar-refractivity contribution in [2.24, 2.45) is 0 Å². The number of rotatable bonds is 8. The van der Waals surface area contributed by atoms with Gasteiger partial charge in [-0.25, -0.2) is 0 Å². The monoisotopic (exact) mass is 340 g/mol. The average molecular weight is 340 g/mol. The van der Waals surface area contributed by atoms with Gasteiger partial charge in [0.2, 0.25) is 11.6 Å². The van der Waals surface area contributed by atoms with Gasteiger partial charge in [0, 0.05) is 40.8 Å². The summed E-state index contributed by atoms with van der Waals surface area (Å²) in [4.78, 5) is 0. The lowest BCUT2D eigenvalue weighted by Crippen LogP contribution is -2.74. The van der Waals surface area contributed by atoms with Crippen LogP contribution in [0.4, 0.5) is 0 Å². The van der Waals surface area contributed by atoms with E-state index in [1.165, 1.54) is 21.3 Å². The molecule has 0 amide bonds. The second kappa shape index (κ2) is 6.40. The molecule has 2 fully saturated rings. The van der Waals surface area contributed by atoms with E-state index in [-0.39, 0.29) is 26.1 Å². The highest BCUT2D eigenvalue weighted by atomic mass is 28.4. The summed E-state index contributed by atoms with van der Waals surface area (Å²) in [6.45, 7) is 2.32. The number of hydrogen-bond donors (Lipinski definition) is 2. The maximum absolute atomic E-state index is 11.0. The van der Waals surface area contributed by atoms with Crippen LogP contribution in [0, 0.1) is 0 Å². The molecule has 0 aromatic heterocycles. The van der Waals surface area contributed by atoms with E-state index in [0.717, 1.165) is 0 Å². The Kier molecular flexibility index (Phi) is 5.29. The van der Waals surface area contributed by atoms with Gasteiger partial charge in [-0.15, -0.1) is 0 Å². The SMILES string of the molecule is CCOC1(O[Si](OC)(OC)OC)CCOC1(O)C1(O)CCO1. The summed E-state index contributed by atoms with van der Waals surface area (Å²) in [5.41, 5.74) is 0. The fourth-order valence-corrected chi connectivity index (χ4v) is 4.17. The van der Waals surface area contributed by atoms with Crippen LogP contribution in [0.15, 0.2) is 0 Å². The Morgan fingerprint density at radius 1 is 1.00 bits per heavy atom. The molecule has 9 nitrogen and oxygen atoms in total. The van der Waals surface area contributed by atoms with Gasteiger partial charge in [-0.05, 0) is 6.92 Å². The predicted molar refractivity (Wildman–Crippen MR) is 73.3 cm³/mol. The van der Waals surface area contributed by atoms with Crippen molar-refractivity contribution in [1.29, 1.82) is 0 Å². The quantitative estimate of drug-likeness (QED) is 0.439. The largest absolute Gasteiger partial charge is 0.681 e. The number of ether oxygens (including phenoxy) is 3. The zero-order valence-electron chi connectivity index (χ0n) is 13.3. The molecule has 0 radical (unpaired) electrons. The molecule has 0 spiro atoms. The molecule has 0 aromatic carbocycles. The molecule has 2 heterocycles. The molecule has 130 valence electrons. The smallest absolute Gasteiger partial charge is 0.361 e. The van der Waals surface area contributed by atoms with E-state index >= 15 is 0 Å². The van der Waals surface area contributed by atoms with E-state index in [9.17, 15) is 10.2 Å². The molecule has 10 heteroatoms.